The first-order valence-corrected chi connectivity index (χ1v) is 8.68. The monoisotopic (exact) mass is 363 g/mol. The van der Waals surface area contributed by atoms with Gasteiger partial charge in [-0.25, -0.2) is 4.68 Å². The summed E-state index contributed by atoms with van der Waals surface area (Å²) in [7, 11) is 0. The summed E-state index contributed by atoms with van der Waals surface area (Å²) in [5.41, 5.74) is 2.06. The van der Waals surface area contributed by atoms with Crippen molar-refractivity contribution in [1.29, 1.82) is 0 Å². The summed E-state index contributed by atoms with van der Waals surface area (Å²) in [6, 6.07) is 3.95. The first-order chi connectivity index (χ1) is 11.6. The molecule has 0 unspecified atom stereocenters. The van der Waals surface area contributed by atoms with Crippen LogP contribution < -0.4 is 0 Å². The minimum Gasteiger partial charge on any atom is -0.480 e. The summed E-state index contributed by atoms with van der Waals surface area (Å²) in [6.45, 7) is 0.258. The quantitative estimate of drug-likeness (QED) is 0.684. The second-order valence-electron chi connectivity index (χ2n) is 4.91. The van der Waals surface area contributed by atoms with Gasteiger partial charge < -0.3 is 10.0 Å². The molecular formula is C14H13N5O3S2. The van der Waals surface area contributed by atoms with Crippen molar-refractivity contribution >= 4 is 34.6 Å². The van der Waals surface area contributed by atoms with E-state index in [1.807, 2.05) is 17.5 Å². The number of carboxylic acids is 1. The van der Waals surface area contributed by atoms with Crippen LogP contribution in [0.1, 0.15) is 20.2 Å². The number of aliphatic carboxylic acids is 1. The van der Waals surface area contributed by atoms with Gasteiger partial charge in [0.1, 0.15) is 17.1 Å². The van der Waals surface area contributed by atoms with Crippen molar-refractivity contribution in [3.8, 4) is 0 Å². The number of rotatable bonds is 7. The van der Waals surface area contributed by atoms with E-state index in [9.17, 15) is 9.59 Å². The molecule has 1 amide bonds. The van der Waals surface area contributed by atoms with E-state index < -0.39 is 12.5 Å². The van der Waals surface area contributed by atoms with E-state index in [0.29, 0.717) is 17.1 Å². The van der Waals surface area contributed by atoms with Crippen molar-refractivity contribution < 1.29 is 14.7 Å². The van der Waals surface area contributed by atoms with Crippen molar-refractivity contribution in [1.82, 2.24) is 24.9 Å². The highest BCUT2D eigenvalue weighted by Gasteiger charge is 2.21. The van der Waals surface area contributed by atoms with Crippen molar-refractivity contribution in [2.24, 2.45) is 0 Å². The number of hydrogen-bond donors (Lipinski definition) is 1. The van der Waals surface area contributed by atoms with E-state index >= 15 is 0 Å². The van der Waals surface area contributed by atoms with E-state index in [4.69, 9.17) is 5.11 Å². The third kappa shape index (κ3) is 4.03. The van der Waals surface area contributed by atoms with Crippen molar-refractivity contribution in [3.05, 3.63) is 50.9 Å². The Labute approximate surface area is 145 Å². The molecule has 8 nitrogen and oxygen atoms in total. The maximum absolute atomic E-state index is 12.4. The van der Waals surface area contributed by atoms with Gasteiger partial charge in [-0.1, -0.05) is 11.3 Å². The number of nitrogens with zero attached hydrogens (tertiary/aromatic N) is 5. The molecule has 0 aliphatic carbocycles. The van der Waals surface area contributed by atoms with Crippen LogP contribution >= 0.6 is 22.7 Å². The minimum atomic E-state index is -1.08. The highest BCUT2D eigenvalue weighted by molar-refractivity contribution is 7.11. The van der Waals surface area contributed by atoms with E-state index in [1.54, 1.807) is 22.2 Å². The zero-order valence-electron chi connectivity index (χ0n) is 12.4. The van der Waals surface area contributed by atoms with Gasteiger partial charge in [-0.3, -0.25) is 14.6 Å². The highest BCUT2D eigenvalue weighted by atomic mass is 32.1. The van der Waals surface area contributed by atoms with E-state index in [1.165, 1.54) is 27.9 Å². The summed E-state index contributed by atoms with van der Waals surface area (Å²) in [5.74, 6) is -1.47. The maximum atomic E-state index is 12.4. The average molecular weight is 363 g/mol. The molecule has 3 heterocycles. The summed E-state index contributed by atoms with van der Waals surface area (Å²) >= 11 is 2.79. The smallest absolute Gasteiger partial charge is 0.323 e. The lowest BCUT2D eigenvalue weighted by Crippen LogP contribution is -2.34. The molecule has 0 bridgehead atoms. The fourth-order valence-corrected chi connectivity index (χ4v) is 3.37. The lowest BCUT2D eigenvalue weighted by Gasteiger charge is -2.18. The first kappa shape index (κ1) is 16.3. The van der Waals surface area contributed by atoms with Gasteiger partial charge in [-0.05, 0) is 11.4 Å². The van der Waals surface area contributed by atoms with Gasteiger partial charge in [0.25, 0.3) is 5.91 Å². The molecule has 0 radical (unpaired) electrons. The molecule has 0 spiro atoms. The molecule has 10 heteroatoms. The van der Waals surface area contributed by atoms with Gasteiger partial charge in [-0.15, -0.1) is 27.8 Å². The molecular weight excluding hydrogens is 350 g/mol. The molecule has 0 aromatic carbocycles. The normalized spacial score (nSPS) is 10.7. The molecule has 0 aliphatic rings. The van der Waals surface area contributed by atoms with Crippen molar-refractivity contribution in [3.63, 3.8) is 0 Å². The third-order valence-electron chi connectivity index (χ3n) is 3.09. The molecule has 0 aliphatic heterocycles. The third-order valence-corrected chi connectivity index (χ3v) is 4.72. The SMILES string of the molecule is O=C(O)CN(Cc1cn(Cc2cccs2)nn1)C(=O)c1cncs1. The van der Waals surface area contributed by atoms with Crippen LogP contribution in [0.3, 0.4) is 0 Å². The van der Waals surface area contributed by atoms with Crippen LogP contribution in [0.2, 0.25) is 0 Å². The van der Waals surface area contributed by atoms with E-state index in [0.717, 1.165) is 4.88 Å². The van der Waals surface area contributed by atoms with E-state index in [2.05, 4.69) is 15.3 Å². The molecule has 24 heavy (non-hydrogen) atoms. The fraction of sp³-hybridized carbons (Fsp3) is 0.214. The Balaban J connectivity index is 1.71. The van der Waals surface area contributed by atoms with Crippen LogP contribution in [-0.4, -0.2) is 48.4 Å². The predicted octanol–water partition coefficient (Wildman–Crippen LogP) is 1.57. The van der Waals surface area contributed by atoms with Gasteiger partial charge in [0, 0.05) is 4.88 Å². The van der Waals surface area contributed by atoms with Gasteiger partial charge in [-0.2, -0.15) is 0 Å². The lowest BCUT2D eigenvalue weighted by atomic mass is 10.3. The number of thiophene rings is 1. The van der Waals surface area contributed by atoms with Crippen molar-refractivity contribution in [2.75, 3.05) is 6.54 Å². The van der Waals surface area contributed by atoms with Crippen molar-refractivity contribution in [2.45, 2.75) is 13.1 Å². The predicted molar refractivity (Wildman–Crippen MR) is 87.9 cm³/mol. The van der Waals surface area contributed by atoms with Gasteiger partial charge in [0.2, 0.25) is 0 Å². The molecule has 0 saturated heterocycles. The lowest BCUT2D eigenvalue weighted by molar-refractivity contribution is -0.137. The van der Waals surface area contributed by atoms with Crippen LogP contribution in [0.5, 0.6) is 0 Å². The molecule has 0 atom stereocenters. The zero-order valence-corrected chi connectivity index (χ0v) is 14.0. The first-order valence-electron chi connectivity index (χ1n) is 6.93. The summed E-state index contributed by atoms with van der Waals surface area (Å²) < 4.78 is 1.66. The Kier molecular flexibility index (Phi) is 4.96. The number of carbonyl (C=O) groups excluding carboxylic acids is 1. The Morgan fingerprint density at radius 3 is 2.88 bits per heavy atom. The van der Waals surface area contributed by atoms with Crippen LogP contribution in [0.15, 0.2) is 35.4 Å². The molecule has 1 N–H and O–H groups in total. The van der Waals surface area contributed by atoms with Crippen LogP contribution in [0.4, 0.5) is 0 Å². The molecule has 3 aromatic rings. The number of hydrogen-bond acceptors (Lipinski definition) is 7. The topological polar surface area (TPSA) is 101 Å². The van der Waals surface area contributed by atoms with Gasteiger partial charge >= 0.3 is 5.97 Å². The summed E-state index contributed by atoms with van der Waals surface area (Å²) in [6.07, 6.45) is 3.14. The average Bonchev–Trinajstić information content (AvgIpc) is 3.28. The Bertz CT molecular complexity index is 813. The standard InChI is InChI=1S/C14H13N5O3S2/c20-13(21)8-18(14(22)12-4-15-9-24-12)5-10-6-19(17-16-10)7-11-2-1-3-23-11/h1-4,6,9H,5,7-8H2,(H,20,21). The minimum absolute atomic E-state index is 0.0769. The van der Waals surface area contributed by atoms with E-state index in [-0.39, 0.29) is 12.5 Å². The Hall–Kier alpha value is -2.59. The fourth-order valence-electron chi connectivity index (χ4n) is 2.09. The van der Waals surface area contributed by atoms with Gasteiger partial charge in [0.15, 0.2) is 0 Å². The zero-order chi connectivity index (χ0) is 16.9. The summed E-state index contributed by atoms with van der Waals surface area (Å²) in [5, 5.41) is 19.1. The second-order valence-corrected chi connectivity index (χ2v) is 6.83. The Morgan fingerprint density at radius 2 is 2.21 bits per heavy atom. The number of aromatic nitrogens is 4. The largest absolute Gasteiger partial charge is 0.480 e. The molecule has 3 rings (SSSR count). The maximum Gasteiger partial charge on any atom is 0.323 e. The second kappa shape index (κ2) is 7.32. The number of amides is 1. The number of thiazole rings is 1. The molecule has 124 valence electrons. The molecule has 3 aromatic heterocycles. The highest BCUT2D eigenvalue weighted by Crippen LogP contribution is 2.13. The summed E-state index contributed by atoms with van der Waals surface area (Å²) in [4.78, 5) is 30.0. The molecule has 0 saturated carbocycles. The van der Waals surface area contributed by atoms with Gasteiger partial charge in [0.05, 0.1) is 31.0 Å². The molecule has 0 fully saturated rings. The van der Waals surface area contributed by atoms with Crippen LogP contribution in [0.25, 0.3) is 0 Å². The Morgan fingerprint density at radius 1 is 1.33 bits per heavy atom. The number of carboxylic acid groups (broad SMARTS) is 1. The van der Waals surface area contributed by atoms with Crippen LogP contribution in [-0.2, 0) is 17.9 Å². The number of carbonyl (C=O) groups is 2. The van der Waals surface area contributed by atoms with Crippen LogP contribution in [0, 0.1) is 0 Å².